The van der Waals surface area contributed by atoms with Gasteiger partial charge in [-0.1, -0.05) is 36.4 Å². The largest absolute Gasteiger partial charge is 0.468 e. The maximum Gasteiger partial charge on any atom is 0.422 e. The number of carbonyl (C=O) groups is 1. The number of amides is 1. The van der Waals surface area contributed by atoms with Crippen LogP contribution in [0.15, 0.2) is 115 Å². The predicted molar refractivity (Wildman–Crippen MR) is 287 cm³/mol. The number of halogens is 6. The summed E-state index contributed by atoms with van der Waals surface area (Å²) in [7, 11) is 12.4. The van der Waals surface area contributed by atoms with Crippen molar-refractivity contribution in [3.05, 3.63) is 125 Å². The van der Waals surface area contributed by atoms with Crippen molar-refractivity contribution in [3.63, 3.8) is 0 Å². The fourth-order valence-electron chi connectivity index (χ4n) is 8.64. The van der Waals surface area contributed by atoms with Crippen molar-refractivity contribution in [1.82, 2.24) is 54.1 Å². The molecule has 1 aliphatic heterocycles. The second-order valence-corrected chi connectivity index (χ2v) is 19.1. The van der Waals surface area contributed by atoms with E-state index in [1.54, 1.807) is 36.0 Å². The van der Waals surface area contributed by atoms with Crippen LogP contribution in [0.2, 0.25) is 0 Å². The molecule has 0 bridgehead atoms. The molecule has 5 aromatic heterocycles. The Morgan fingerprint density at radius 1 is 0.734 bits per heavy atom. The smallest absolute Gasteiger partial charge is 0.422 e. The Balaban J connectivity index is 0.969. The molecule has 1 unspecified atom stereocenters. The lowest BCUT2D eigenvalue weighted by Crippen LogP contribution is -2.51. The van der Waals surface area contributed by atoms with E-state index < -0.39 is 60.0 Å². The number of nitrogens with zero attached hydrogens (tertiary/aromatic N) is 12. The highest BCUT2D eigenvalue weighted by molar-refractivity contribution is 5.97. The number of para-hydroxylation sites is 2. The van der Waals surface area contributed by atoms with Crippen LogP contribution < -0.4 is 30.9 Å². The van der Waals surface area contributed by atoms with Crippen molar-refractivity contribution in [1.29, 1.82) is 0 Å². The van der Waals surface area contributed by atoms with E-state index in [0.717, 1.165) is 39.0 Å². The Morgan fingerprint density at radius 2 is 1.30 bits per heavy atom. The number of nitrogens with one attached hydrogen (secondary N) is 4. The van der Waals surface area contributed by atoms with Crippen LogP contribution in [-0.2, 0) is 23.6 Å². The molecule has 27 heteroatoms. The van der Waals surface area contributed by atoms with Gasteiger partial charge in [-0.05, 0) is 58.5 Å². The zero-order chi connectivity index (χ0) is 56.8. The van der Waals surface area contributed by atoms with Crippen LogP contribution in [0.5, 0.6) is 5.88 Å². The Labute approximate surface area is 449 Å². The van der Waals surface area contributed by atoms with Crippen LogP contribution >= 0.6 is 0 Å². The third kappa shape index (κ3) is 14.3. The molecule has 0 saturated heterocycles. The molecule has 0 radical (unpaired) electrons. The van der Waals surface area contributed by atoms with Gasteiger partial charge in [-0.2, -0.15) is 31.3 Å². The molecule has 6 heterocycles. The molecule has 418 valence electrons. The third-order valence-corrected chi connectivity index (χ3v) is 12.7. The molecule has 0 saturated carbocycles. The number of fused-ring (bicyclic) bond motifs is 2. The van der Waals surface area contributed by atoms with Crippen molar-refractivity contribution >= 4 is 56.8 Å². The summed E-state index contributed by atoms with van der Waals surface area (Å²) in [6, 6.07) is 20.1. The number of hydrogen-bond donors (Lipinski definition) is 4. The number of pyridine rings is 1. The molecule has 21 nitrogen and oxygen atoms in total. The Bertz CT molecular complexity index is 3400. The molecule has 79 heavy (non-hydrogen) atoms. The number of ether oxygens (including phenoxy) is 2. The van der Waals surface area contributed by atoms with Gasteiger partial charge in [-0.3, -0.25) is 19.8 Å². The Morgan fingerprint density at radius 3 is 1.87 bits per heavy atom. The highest BCUT2D eigenvalue weighted by Crippen LogP contribution is 2.37. The Hall–Kier alpha value is -8.56. The molecule has 4 N–H and O–H groups in total. The predicted octanol–water partition coefficient (Wildman–Crippen LogP) is 7.80. The standard InChI is InChI=1S/C52H58F6N16O5/c1-68(2)22-24-70(4)45-38(26-39(47(66-45)78-30-51(53,54)55)64-49-59-19-16-36(62-49)34-28-72(6)41-14-10-8-12-32(34)41)61-44(75)18-21-69(3)23-25-71(5)46-43(74(76)77)27-40(48(67-46)79-31-52(56,57)58)65-50-60-20-17-37(63-50)35-29-73(7)42-15-11-9-13-33(35)42/h8-17,19-20,26-29,46,67H,18,21-25,30-31H2,1-7H3,(H,61,75)(H,59,62,64)(H,60,63,65). The number of likely N-dealkylation sites (N-methyl/N-ethyl adjacent to an activating group) is 4. The average molecular weight is 1100 g/mol. The third-order valence-electron chi connectivity index (χ3n) is 12.7. The molecular formula is C52H58F6N16O5. The van der Waals surface area contributed by atoms with Gasteiger partial charge < -0.3 is 54.6 Å². The van der Waals surface area contributed by atoms with Crippen LogP contribution in [0.4, 0.5) is 55.4 Å². The average Bonchev–Trinajstić information content (AvgIpc) is 3.94. The van der Waals surface area contributed by atoms with E-state index in [1.807, 2.05) is 103 Å². The number of carbonyl (C=O) groups excluding carboxylic acids is 1. The van der Waals surface area contributed by atoms with E-state index in [-0.39, 0.29) is 60.8 Å². The van der Waals surface area contributed by atoms with E-state index in [0.29, 0.717) is 24.5 Å². The number of anilines is 5. The molecule has 8 rings (SSSR count). The van der Waals surface area contributed by atoms with E-state index >= 15 is 0 Å². The summed E-state index contributed by atoms with van der Waals surface area (Å²) in [5.74, 6) is -1.30. The quantitative estimate of drug-likeness (QED) is 0.0273. The summed E-state index contributed by atoms with van der Waals surface area (Å²) < 4.78 is 96.2. The number of alkyl halides is 6. The summed E-state index contributed by atoms with van der Waals surface area (Å²) in [4.78, 5) is 54.9. The molecule has 1 aliphatic rings. The first kappa shape index (κ1) is 56.6. The van der Waals surface area contributed by atoms with Crippen molar-refractivity contribution in [3.8, 4) is 28.4 Å². The number of nitro groups is 1. The van der Waals surface area contributed by atoms with Crippen molar-refractivity contribution in [2.75, 3.05) is 102 Å². The van der Waals surface area contributed by atoms with Crippen LogP contribution in [0.3, 0.4) is 0 Å². The SMILES string of the molecule is CN(C)CCN(C)c1nc(OCC(F)(F)F)c(Nc2nccc(-c3cn(C)c4ccccc34)n2)cc1NC(=O)CCN(C)CCN(C)C1NC(OCC(F)(F)F)=C(Nc2nccc(-c3cn(C)c4ccccc34)n2)C=C1[N+](=O)[O-]. The minimum absolute atomic E-state index is 0.0116. The number of benzene rings is 2. The molecule has 2 aromatic carbocycles. The summed E-state index contributed by atoms with van der Waals surface area (Å²) in [5, 5.41) is 25.8. The highest BCUT2D eigenvalue weighted by atomic mass is 19.4. The lowest BCUT2D eigenvalue weighted by Gasteiger charge is -2.32. The molecule has 7 aromatic rings. The number of aryl methyl sites for hydroxylation is 2. The number of aromatic nitrogens is 7. The summed E-state index contributed by atoms with van der Waals surface area (Å²) in [6.45, 7) is -2.05. The zero-order valence-electron chi connectivity index (χ0n) is 44.1. The number of allylic oxidation sites excluding steroid dienone is 1. The normalized spacial score (nSPS) is 14.0. The van der Waals surface area contributed by atoms with Crippen LogP contribution in [0.25, 0.3) is 44.3 Å². The molecule has 0 aliphatic carbocycles. The molecule has 0 fully saturated rings. The van der Waals surface area contributed by atoms with Gasteiger partial charge in [0.15, 0.2) is 25.2 Å². The summed E-state index contributed by atoms with van der Waals surface area (Å²) >= 11 is 0. The molecule has 1 atom stereocenters. The van der Waals surface area contributed by atoms with Gasteiger partial charge in [-0.15, -0.1) is 0 Å². The van der Waals surface area contributed by atoms with E-state index in [4.69, 9.17) is 9.47 Å². The van der Waals surface area contributed by atoms with Gasteiger partial charge in [0, 0.05) is 124 Å². The van der Waals surface area contributed by atoms with Crippen LogP contribution in [0.1, 0.15) is 6.42 Å². The van der Waals surface area contributed by atoms with Crippen molar-refractivity contribution in [2.45, 2.75) is 24.9 Å². The van der Waals surface area contributed by atoms with Crippen molar-refractivity contribution < 1.29 is 45.5 Å². The van der Waals surface area contributed by atoms with Gasteiger partial charge >= 0.3 is 12.4 Å². The first-order chi connectivity index (χ1) is 37.5. The number of dihydropyridines is 1. The molecular weight excluding hydrogens is 1040 g/mol. The fraction of sp³-hybridized carbons (Fsp3) is 0.346. The van der Waals surface area contributed by atoms with E-state index in [9.17, 15) is 41.3 Å². The highest BCUT2D eigenvalue weighted by Gasteiger charge is 2.38. The fourth-order valence-corrected chi connectivity index (χ4v) is 8.64. The minimum Gasteiger partial charge on any atom is -0.468 e. The van der Waals surface area contributed by atoms with Gasteiger partial charge in [-0.25, -0.2) is 19.9 Å². The minimum atomic E-state index is -4.76. The monoisotopic (exact) mass is 1100 g/mol. The number of hydrogen-bond acceptors (Lipinski definition) is 17. The Kier molecular flexibility index (Phi) is 17.2. The first-order valence-electron chi connectivity index (χ1n) is 24.6. The van der Waals surface area contributed by atoms with Crippen molar-refractivity contribution in [2.24, 2.45) is 14.1 Å². The van der Waals surface area contributed by atoms with Gasteiger partial charge in [0.25, 0.3) is 5.70 Å². The van der Waals surface area contributed by atoms with Gasteiger partial charge in [0.05, 0.1) is 22.0 Å². The van der Waals surface area contributed by atoms with E-state index in [2.05, 4.69) is 46.2 Å². The number of rotatable bonds is 23. The van der Waals surface area contributed by atoms with Gasteiger partial charge in [0.2, 0.25) is 29.6 Å². The maximum absolute atomic E-state index is 13.8. The lowest BCUT2D eigenvalue weighted by molar-refractivity contribution is -0.434. The first-order valence-corrected chi connectivity index (χ1v) is 24.6. The zero-order valence-corrected chi connectivity index (χ0v) is 44.1. The lowest BCUT2D eigenvalue weighted by atomic mass is 10.1. The van der Waals surface area contributed by atoms with Crippen LogP contribution in [0, 0.1) is 10.1 Å². The topological polar surface area (TPSA) is 214 Å². The molecule has 1 amide bonds. The summed E-state index contributed by atoms with van der Waals surface area (Å²) in [5.41, 5.74) is 3.87. The van der Waals surface area contributed by atoms with E-state index in [1.165, 1.54) is 30.4 Å². The summed E-state index contributed by atoms with van der Waals surface area (Å²) in [6.07, 6.45) is -3.07. The maximum atomic E-state index is 13.8. The second kappa shape index (κ2) is 24.0. The van der Waals surface area contributed by atoms with Crippen LogP contribution in [-0.4, -0.2) is 159 Å². The molecule has 0 spiro atoms. The van der Waals surface area contributed by atoms with Gasteiger partial charge in [0.1, 0.15) is 11.4 Å². The second-order valence-electron chi connectivity index (χ2n) is 19.1.